The molecular formula is C24H25IN2O3. The zero-order valence-electron chi connectivity index (χ0n) is 17.3. The Morgan fingerprint density at radius 2 is 1.83 bits per heavy atom. The van der Waals surface area contributed by atoms with Crippen LogP contribution in [0.1, 0.15) is 35.6 Å². The summed E-state index contributed by atoms with van der Waals surface area (Å²) in [6.45, 7) is 6.52. The van der Waals surface area contributed by atoms with Crippen molar-refractivity contribution in [2.45, 2.75) is 33.3 Å². The van der Waals surface area contributed by atoms with Gasteiger partial charge in [0.05, 0.1) is 17.4 Å². The van der Waals surface area contributed by atoms with Gasteiger partial charge in [-0.2, -0.15) is 0 Å². The largest absolute Gasteiger partial charge is 0.457 e. The van der Waals surface area contributed by atoms with E-state index < -0.39 is 0 Å². The number of ether oxygens (including phenoxy) is 2. The molecule has 0 bridgehead atoms. The van der Waals surface area contributed by atoms with Gasteiger partial charge in [-0.05, 0) is 85.8 Å². The lowest BCUT2D eigenvalue weighted by atomic mass is 10.1. The highest BCUT2D eigenvalue weighted by atomic mass is 127. The summed E-state index contributed by atoms with van der Waals surface area (Å²) in [6, 6.07) is 18.8. The third-order valence-electron chi connectivity index (χ3n) is 4.46. The molecule has 0 radical (unpaired) electrons. The first-order valence-electron chi connectivity index (χ1n) is 9.87. The van der Waals surface area contributed by atoms with Crippen LogP contribution in [0.3, 0.4) is 0 Å². The van der Waals surface area contributed by atoms with Gasteiger partial charge >= 0.3 is 0 Å². The van der Waals surface area contributed by atoms with Crippen LogP contribution >= 0.6 is 22.6 Å². The third kappa shape index (κ3) is 6.27. The van der Waals surface area contributed by atoms with Crippen LogP contribution in [0.25, 0.3) is 0 Å². The Morgan fingerprint density at radius 1 is 1.10 bits per heavy atom. The molecule has 0 fully saturated rings. The lowest BCUT2D eigenvalue weighted by Crippen LogP contribution is -2.16. The van der Waals surface area contributed by atoms with Gasteiger partial charge in [0.25, 0.3) is 5.91 Å². The van der Waals surface area contributed by atoms with Gasteiger partial charge in [-0.25, -0.2) is 0 Å². The lowest BCUT2D eigenvalue weighted by molar-refractivity contribution is 0.0761. The average Bonchev–Trinajstić information content (AvgIpc) is 2.68. The standard InChI is InChI=1S/C24H25IN2O3/c1-4-29-16(2)13-20-11-12-23(17(3)26-20)24(28)27-19-8-6-10-22(15-19)30-21-9-5-7-18(25)14-21/h5-12,14-16H,4,13H2,1-3H3,(H,27,28). The molecule has 3 rings (SSSR count). The molecule has 2 aromatic carbocycles. The molecule has 1 aromatic heterocycles. The van der Waals surface area contributed by atoms with E-state index in [4.69, 9.17) is 9.47 Å². The Morgan fingerprint density at radius 3 is 2.53 bits per heavy atom. The van der Waals surface area contributed by atoms with E-state index >= 15 is 0 Å². The van der Waals surface area contributed by atoms with Gasteiger partial charge < -0.3 is 14.8 Å². The molecule has 0 saturated heterocycles. The van der Waals surface area contributed by atoms with Gasteiger partial charge in [0.2, 0.25) is 0 Å². The van der Waals surface area contributed by atoms with Gasteiger partial charge in [-0.15, -0.1) is 0 Å². The molecule has 0 spiro atoms. The smallest absolute Gasteiger partial charge is 0.257 e. The fraction of sp³-hybridized carbons (Fsp3) is 0.250. The average molecular weight is 516 g/mol. The number of hydrogen-bond acceptors (Lipinski definition) is 4. The van der Waals surface area contributed by atoms with E-state index in [1.807, 2.05) is 75.4 Å². The second-order valence-electron chi connectivity index (χ2n) is 6.95. The van der Waals surface area contributed by atoms with Crippen molar-refractivity contribution in [2.24, 2.45) is 0 Å². The molecule has 1 heterocycles. The lowest BCUT2D eigenvalue weighted by Gasteiger charge is -2.13. The van der Waals surface area contributed by atoms with Crippen molar-refractivity contribution in [3.63, 3.8) is 0 Å². The Bertz CT molecular complexity index is 1020. The van der Waals surface area contributed by atoms with Gasteiger partial charge in [-0.3, -0.25) is 9.78 Å². The first-order valence-corrected chi connectivity index (χ1v) is 11.0. The molecule has 0 aliphatic heterocycles. The maximum absolute atomic E-state index is 12.8. The predicted octanol–water partition coefficient (Wildman–Crippen LogP) is 6.01. The second kappa shape index (κ2) is 10.5. The summed E-state index contributed by atoms with van der Waals surface area (Å²) in [5.41, 5.74) is 2.82. The van der Waals surface area contributed by atoms with Crippen molar-refractivity contribution in [1.29, 1.82) is 0 Å². The molecule has 1 amide bonds. The number of hydrogen-bond donors (Lipinski definition) is 1. The van der Waals surface area contributed by atoms with E-state index in [-0.39, 0.29) is 12.0 Å². The van der Waals surface area contributed by atoms with E-state index in [0.29, 0.717) is 35.7 Å². The maximum Gasteiger partial charge on any atom is 0.257 e. The molecule has 0 aliphatic carbocycles. The Kier molecular flexibility index (Phi) is 7.81. The molecule has 3 aromatic rings. The number of benzene rings is 2. The van der Waals surface area contributed by atoms with Crippen LogP contribution in [-0.4, -0.2) is 23.6 Å². The minimum Gasteiger partial charge on any atom is -0.457 e. The van der Waals surface area contributed by atoms with E-state index in [2.05, 4.69) is 32.9 Å². The molecule has 5 nitrogen and oxygen atoms in total. The van der Waals surface area contributed by atoms with Crippen molar-refractivity contribution < 1.29 is 14.3 Å². The van der Waals surface area contributed by atoms with Gasteiger partial charge in [0.1, 0.15) is 11.5 Å². The molecular weight excluding hydrogens is 491 g/mol. The fourth-order valence-electron chi connectivity index (χ4n) is 3.11. The van der Waals surface area contributed by atoms with Crippen molar-refractivity contribution in [3.8, 4) is 11.5 Å². The van der Waals surface area contributed by atoms with E-state index in [9.17, 15) is 4.79 Å². The number of carbonyl (C=O) groups is 1. The van der Waals surface area contributed by atoms with Crippen LogP contribution in [0.2, 0.25) is 0 Å². The highest BCUT2D eigenvalue weighted by Gasteiger charge is 2.13. The summed E-state index contributed by atoms with van der Waals surface area (Å²) in [5.74, 6) is 1.21. The van der Waals surface area contributed by atoms with Crippen molar-refractivity contribution >= 4 is 34.2 Å². The molecule has 1 atom stereocenters. The molecule has 156 valence electrons. The number of amides is 1. The number of anilines is 1. The Balaban J connectivity index is 1.68. The van der Waals surface area contributed by atoms with Gasteiger partial charge in [-0.1, -0.05) is 12.1 Å². The number of nitrogens with zero attached hydrogens (tertiary/aromatic N) is 1. The monoisotopic (exact) mass is 516 g/mol. The first-order chi connectivity index (χ1) is 14.4. The molecule has 1 N–H and O–H groups in total. The highest BCUT2D eigenvalue weighted by Crippen LogP contribution is 2.25. The summed E-state index contributed by atoms with van der Waals surface area (Å²) in [7, 11) is 0. The van der Waals surface area contributed by atoms with E-state index in [0.717, 1.165) is 15.0 Å². The summed E-state index contributed by atoms with van der Waals surface area (Å²) >= 11 is 2.24. The Hall–Kier alpha value is -2.45. The summed E-state index contributed by atoms with van der Waals surface area (Å²) in [6.07, 6.45) is 0.811. The Labute approximate surface area is 191 Å². The minimum absolute atomic E-state index is 0.0946. The topological polar surface area (TPSA) is 60.5 Å². The zero-order valence-corrected chi connectivity index (χ0v) is 19.5. The first kappa shape index (κ1) is 22.2. The number of aryl methyl sites for hydroxylation is 1. The van der Waals surface area contributed by atoms with Crippen LogP contribution in [0, 0.1) is 10.5 Å². The van der Waals surface area contributed by atoms with Crippen LogP contribution in [0.5, 0.6) is 11.5 Å². The van der Waals surface area contributed by atoms with Crippen molar-refractivity contribution in [1.82, 2.24) is 4.98 Å². The second-order valence-corrected chi connectivity index (χ2v) is 8.19. The number of halogens is 1. The van der Waals surface area contributed by atoms with Crippen LogP contribution in [0.15, 0.2) is 60.7 Å². The third-order valence-corrected chi connectivity index (χ3v) is 5.13. The molecule has 6 heteroatoms. The van der Waals surface area contributed by atoms with Crippen LogP contribution in [0.4, 0.5) is 5.69 Å². The number of pyridine rings is 1. The number of rotatable bonds is 8. The summed E-state index contributed by atoms with van der Waals surface area (Å²) in [5, 5.41) is 2.93. The number of aromatic nitrogens is 1. The summed E-state index contributed by atoms with van der Waals surface area (Å²) < 4.78 is 12.6. The van der Waals surface area contributed by atoms with E-state index in [1.54, 1.807) is 6.07 Å². The number of carbonyl (C=O) groups excluding carboxylic acids is 1. The van der Waals surface area contributed by atoms with Crippen LogP contribution in [-0.2, 0) is 11.2 Å². The molecule has 1 unspecified atom stereocenters. The van der Waals surface area contributed by atoms with Gasteiger partial charge in [0.15, 0.2) is 0 Å². The normalized spacial score (nSPS) is 11.7. The van der Waals surface area contributed by atoms with Crippen molar-refractivity contribution in [3.05, 3.63) is 81.2 Å². The predicted molar refractivity (Wildman–Crippen MR) is 127 cm³/mol. The summed E-state index contributed by atoms with van der Waals surface area (Å²) in [4.78, 5) is 17.3. The SMILES string of the molecule is CCOC(C)Cc1ccc(C(=O)Nc2cccc(Oc3cccc(I)c3)c2)c(C)n1. The van der Waals surface area contributed by atoms with Gasteiger partial charge in [0, 0.05) is 34.0 Å². The quantitative estimate of drug-likeness (QED) is 0.373. The van der Waals surface area contributed by atoms with E-state index in [1.165, 1.54) is 0 Å². The maximum atomic E-state index is 12.8. The molecule has 30 heavy (non-hydrogen) atoms. The van der Waals surface area contributed by atoms with Crippen LogP contribution < -0.4 is 10.1 Å². The molecule has 0 saturated carbocycles. The van der Waals surface area contributed by atoms with Crippen molar-refractivity contribution in [2.75, 3.05) is 11.9 Å². The molecule has 0 aliphatic rings. The number of nitrogens with one attached hydrogen (secondary N) is 1. The zero-order chi connectivity index (χ0) is 21.5. The minimum atomic E-state index is -0.198. The fourth-order valence-corrected chi connectivity index (χ4v) is 3.62. The highest BCUT2D eigenvalue weighted by molar-refractivity contribution is 14.1.